The Balaban J connectivity index is 2.50. The maximum atomic E-state index is 12.1. The third-order valence-electron chi connectivity index (χ3n) is 4.86. The molecule has 1 rings (SSSR count). The van der Waals surface area contributed by atoms with Crippen LogP contribution in [0, 0.1) is 0 Å². The Morgan fingerprint density at radius 2 is 1.28 bits per heavy atom. The number of rotatable bonds is 17. The molecular weight excluding hydrogens is 492 g/mol. The van der Waals surface area contributed by atoms with Crippen molar-refractivity contribution in [1.82, 2.24) is 10.6 Å². The van der Waals surface area contributed by atoms with E-state index in [0.717, 1.165) is 44.6 Å². The van der Waals surface area contributed by atoms with Gasteiger partial charge in [0.2, 0.25) is 12.2 Å². The Kier molecular flexibility index (Phi) is 15.1. The van der Waals surface area contributed by atoms with Crippen LogP contribution >= 0.6 is 0 Å². The van der Waals surface area contributed by atoms with Gasteiger partial charge in [0.1, 0.15) is 4.90 Å². The molecule has 0 radical (unpaired) electrons. The number of unbranched alkanes of at least 4 members (excludes halogenated alkanes) is 6. The lowest BCUT2D eigenvalue weighted by atomic mass is 10.2. The number of nitrogens with one attached hydrogen (secondary N) is 4. The van der Waals surface area contributed by atoms with Crippen LogP contribution in [-0.4, -0.2) is 63.4 Å². The molecule has 0 saturated carbocycles. The van der Waals surface area contributed by atoms with Gasteiger partial charge in [-0.05, 0) is 43.9 Å². The zero-order valence-electron chi connectivity index (χ0n) is 19.9. The zero-order valence-corrected chi connectivity index (χ0v) is 20.7. The number of hydrogen-bond acceptors (Lipinski definition) is 8. The van der Waals surface area contributed by atoms with E-state index in [9.17, 15) is 32.1 Å². The van der Waals surface area contributed by atoms with Crippen molar-refractivity contribution in [1.29, 1.82) is 0 Å². The van der Waals surface area contributed by atoms with Gasteiger partial charge in [-0.25, -0.2) is 29.2 Å². The number of hydrogen-bond donors (Lipinski definition) is 5. The summed E-state index contributed by atoms with van der Waals surface area (Å²) in [6, 6.07) is 2.48. The van der Waals surface area contributed by atoms with Gasteiger partial charge in [0.05, 0.1) is 18.8 Å². The van der Waals surface area contributed by atoms with Gasteiger partial charge in [0.15, 0.2) is 0 Å². The highest BCUT2D eigenvalue weighted by Gasteiger charge is 2.18. The molecule has 13 nitrogen and oxygen atoms in total. The molecule has 0 atom stereocenters. The van der Waals surface area contributed by atoms with Crippen LogP contribution < -0.4 is 21.3 Å². The maximum Gasteiger partial charge on any atom is 0.319 e. The first kappa shape index (κ1) is 30.5. The van der Waals surface area contributed by atoms with Crippen molar-refractivity contribution < 1.29 is 32.1 Å². The second-order valence-electron chi connectivity index (χ2n) is 7.72. The van der Waals surface area contributed by atoms with Crippen LogP contribution in [0.3, 0.4) is 0 Å². The van der Waals surface area contributed by atoms with Gasteiger partial charge in [-0.2, -0.15) is 8.42 Å². The van der Waals surface area contributed by atoms with E-state index in [1.54, 1.807) is 0 Å². The van der Waals surface area contributed by atoms with Crippen LogP contribution in [0.2, 0.25) is 0 Å². The highest BCUT2D eigenvalue weighted by molar-refractivity contribution is 7.86. The second kappa shape index (κ2) is 17.8. The molecule has 0 bridgehead atoms. The summed E-state index contributed by atoms with van der Waals surface area (Å²) >= 11 is 0. The average Bonchev–Trinajstić information content (AvgIpc) is 2.82. The largest absolute Gasteiger partial charge is 0.338 e. The Morgan fingerprint density at radius 1 is 0.778 bits per heavy atom. The molecule has 0 aliphatic heterocycles. The van der Waals surface area contributed by atoms with Crippen LogP contribution in [0.25, 0.3) is 0 Å². The molecule has 0 heterocycles. The van der Waals surface area contributed by atoms with E-state index in [2.05, 4.69) is 31.3 Å². The monoisotopic (exact) mass is 524 g/mol. The Bertz CT molecular complexity index is 1050. The minimum Gasteiger partial charge on any atom is -0.338 e. The van der Waals surface area contributed by atoms with Gasteiger partial charge < -0.3 is 21.3 Å². The quantitative estimate of drug-likeness (QED) is 0.0893. The van der Waals surface area contributed by atoms with Crippen LogP contribution in [0.4, 0.5) is 21.0 Å². The van der Waals surface area contributed by atoms with Crippen LogP contribution in [-0.2, 0) is 19.7 Å². The van der Waals surface area contributed by atoms with Gasteiger partial charge in [-0.3, -0.25) is 4.55 Å². The van der Waals surface area contributed by atoms with E-state index < -0.39 is 27.1 Å². The lowest BCUT2D eigenvalue weighted by Crippen LogP contribution is -2.30. The molecule has 4 amide bonds. The number of carbonyl (C=O) groups excluding carboxylic acids is 4. The van der Waals surface area contributed by atoms with Gasteiger partial charge in [-0.15, -0.1) is 0 Å². The minimum absolute atomic E-state index is 0.108. The molecule has 0 spiro atoms. The maximum absolute atomic E-state index is 12.1. The van der Waals surface area contributed by atoms with E-state index in [1.807, 2.05) is 0 Å². The lowest BCUT2D eigenvalue weighted by Gasteiger charge is -2.13. The first-order valence-electron chi connectivity index (χ1n) is 11.6. The van der Waals surface area contributed by atoms with Crippen molar-refractivity contribution in [3.05, 3.63) is 18.2 Å². The van der Waals surface area contributed by atoms with Crippen molar-refractivity contribution in [3.63, 3.8) is 0 Å². The van der Waals surface area contributed by atoms with Crippen molar-refractivity contribution in [3.8, 4) is 0 Å². The topological polar surface area (TPSA) is 195 Å². The smallest absolute Gasteiger partial charge is 0.319 e. The van der Waals surface area contributed by atoms with Gasteiger partial charge >= 0.3 is 12.1 Å². The molecule has 0 saturated heterocycles. The number of isocyanates is 2. The summed E-state index contributed by atoms with van der Waals surface area (Å²) in [5.41, 5.74) is -0.0386. The van der Waals surface area contributed by atoms with Crippen molar-refractivity contribution in [2.24, 2.45) is 9.98 Å². The summed E-state index contributed by atoms with van der Waals surface area (Å²) in [5.74, 6) is 0. The van der Waals surface area contributed by atoms with E-state index in [0.29, 0.717) is 39.0 Å². The number of carbonyl (C=O) groups is 2. The fourth-order valence-electron chi connectivity index (χ4n) is 3.09. The molecule has 0 aromatic heterocycles. The Hall–Kier alpha value is -3.57. The lowest BCUT2D eigenvalue weighted by molar-refractivity contribution is 0.251. The fourth-order valence-corrected chi connectivity index (χ4v) is 3.77. The molecule has 0 fully saturated rings. The highest BCUT2D eigenvalue weighted by Crippen LogP contribution is 2.25. The van der Waals surface area contributed by atoms with E-state index in [1.165, 1.54) is 24.3 Å². The van der Waals surface area contributed by atoms with Gasteiger partial charge in [-0.1, -0.05) is 25.7 Å². The van der Waals surface area contributed by atoms with Gasteiger partial charge in [0.25, 0.3) is 10.1 Å². The highest BCUT2D eigenvalue weighted by atomic mass is 32.2. The number of benzene rings is 1. The summed E-state index contributed by atoms with van der Waals surface area (Å²) in [6.45, 7) is 1.58. The molecule has 36 heavy (non-hydrogen) atoms. The number of nitrogens with zero attached hydrogens (tertiary/aromatic N) is 2. The fraction of sp³-hybridized carbons (Fsp3) is 0.545. The van der Waals surface area contributed by atoms with E-state index >= 15 is 0 Å². The van der Waals surface area contributed by atoms with E-state index in [-0.39, 0.29) is 11.4 Å². The summed E-state index contributed by atoms with van der Waals surface area (Å²) < 4.78 is 33.2. The molecule has 0 unspecified atom stereocenters. The molecule has 198 valence electrons. The average molecular weight is 525 g/mol. The van der Waals surface area contributed by atoms with Crippen LogP contribution in [0.15, 0.2) is 33.1 Å². The predicted molar refractivity (Wildman–Crippen MR) is 133 cm³/mol. The molecule has 14 heteroatoms. The molecule has 1 aromatic rings. The number of urea groups is 2. The summed E-state index contributed by atoms with van der Waals surface area (Å²) in [7, 11) is -4.69. The number of aliphatic imine (C=N–C) groups is 2. The van der Waals surface area contributed by atoms with Crippen LogP contribution in [0.1, 0.15) is 51.4 Å². The molecule has 5 N–H and O–H groups in total. The normalized spacial score (nSPS) is 10.5. The summed E-state index contributed by atoms with van der Waals surface area (Å²) in [5, 5.41) is 10.1. The second-order valence-corrected chi connectivity index (χ2v) is 9.11. The predicted octanol–water partition coefficient (Wildman–Crippen LogP) is 2.97. The molecule has 0 aliphatic rings. The van der Waals surface area contributed by atoms with Gasteiger partial charge in [0, 0.05) is 18.8 Å². The molecular formula is C22H32N6O7S. The number of anilines is 2. The molecule has 0 aliphatic carbocycles. The van der Waals surface area contributed by atoms with Crippen molar-refractivity contribution >= 4 is 45.7 Å². The van der Waals surface area contributed by atoms with Crippen molar-refractivity contribution in [2.45, 2.75) is 56.3 Å². The Morgan fingerprint density at radius 3 is 1.78 bits per heavy atom. The minimum atomic E-state index is -4.69. The third-order valence-corrected chi connectivity index (χ3v) is 5.75. The van der Waals surface area contributed by atoms with E-state index in [4.69, 9.17) is 0 Å². The summed E-state index contributed by atoms with van der Waals surface area (Å²) in [4.78, 5) is 50.5. The van der Waals surface area contributed by atoms with Crippen molar-refractivity contribution in [2.75, 3.05) is 36.8 Å². The zero-order chi connectivity index (χ0) is 26.7. The summed E-state index contributed by atoms with van der Waals surface area (Å²) in [6.07, 6.45) is 9.17. The standard InChI is InChI=1S/C22H32N6O7S/c29-16-23-11-5-1-3-7-13-25-21(31)27-18-9-10-19(20(15-18)36(33,34)35)28-22(32)26-14-8-4-2-6-12-24-17-30/h9-10,15H,1-8,11-14H2,(H2,25,27,31)(H2,26,28,32)(H,33,34,35). The SMILES string of the molecule is O=C=NCCCCCCNC(=O)Nc1ccc(NC(=O)NCCCCCCN=C=O)c(S(=O)(=O)O)c1. The first-order valence-corrected chi connectivity index (χ1v) is 13.0. The third kappa shape index (κ3) is 14.0. The van der Waals surface area contributed by atoms with Crippen LogP contribution in [0.5, 0.6) is 0 Å². The Labute approximate surface area is 210 Å². The molecule has 1 aromatic carbocycles. The number of amides is 4. The first-order chi connectivity index (χ1) is 17.3.